The van der Waals surface area contributed by atoms with Crippen LogP contribution >= 0.6 is 0 Å². The molecule has 0 bridgehead atoms. The molecule has 120 valence electrons. The lowest BCUT2D eigenvalue weighted by molar-refractivity contribution is -0.162. The summed E-state index contributed by atoms with van der Waals surface area (Å²) < 4.78 is 11.9. The number of fused-ring (bicyclic) bond motifs is 1. The molecule has 0 spiro atoms. The second kappa shape index (κ2) is 5.09. The van der Waals surface area contributed by atoms with E-state index in [4.69, 9.17) is 9.47 Å². The molecule has 1 aliphatic heterocycles. The zero-order valence-corrected chi connectivity index (χ0v) is 14.1. The lowest BCUT2D eigenvalue weighted by Crippen LogP contribution is -2.38. The predicted octanol–water partition coefficient (Wildman–Crippen LogP) is 4.27. The summed E-state index contributed by atoms with van der Waals surface area (Å²) in [7, 11) is 0. The van der Waals surface area contributed by atoms with Crippen LogP contribution in [0.1, 0.15) is 64.0 Å². The van der Waals surface area contributed by atoms with Crippen LogP contribution in [0, 0.1) is 6.92 Å². The summed E-state index contributed by atoms with van der Waals surface area (Å²) in [5, 5.41) is 0. The maximum absolute atomic E-state index is 12.8. The lowest BCUT2D eigenvalue weighted by Gasteiger charge is -2.24. The van der Waals surface area contributed by atoms with Crippen molar-refractivity contribution in [2.24, 2.45) is 0 Å². The van der Waals surface area contributed by atoms with E-state index in [-0.39, 0.29) is 5.97 Å². The zero-order valence-electron chi connectivity index (χ0n) is 14.1. The number of epoxide rings is 1. The highest BCUT2D eigenvalue weighted by Gasteiger charge is 2.76. The Kier molecular flexibility index (Phi) is 3.59. The SMILES string of the molecule is Cc1ccc(C23CCCCCC2(C(=O)OC(C)(C)C)O3)cc1. The molecule has 3 rings (SSSR count). The third-order valence-electron chi connectivity index (χ3n) is 4.76. The topological polar surface area (TPSA) is 38.8 Å². The Morgan fingerprint density at radius 1 is 1.09 bits per heavy atom. The van der Waals surface area contributed by atoms with Crippen molar-refractivity contribution in [3.8, 4) is 0 Å². The Balaban J connectivity index is 1.95. The van der Waals surface area contributed by atoms with Crippen LogP contribution in [0.4, 0.5) is 0 Å². The summed E-state index contributed by atoms with van der Waals surface area (Å²) in [5.41, 5.74) is 0.609. The molecule has 1 aromatic rings. The number of esters is 1. The van der Waals surface area contributed by atoms with Gasteiger partial charge in [-0.05, 0) is 52.5 Å². The molecule has 1 saturated heterocycles. The minimum absolute atomic E-state index is 0.192. The summed E-state index contributed by atoms with van der Waals surface area (Å²) in [4.78, 5) is 12.8. The standard InChI is InChI=1S/C19H26O3/c1-14-8-10-15(11-9-14)18-12-6-5-7-13-19(18,22-18)16(20)21-17(2,3)4/h8-11H,5-7,12-13H2,1-4H3. The zero-order chi connectivity index (χ0) is 16.0. The van der Waals surface area contributed by atoms with Gasteiger partial charge >= 0.3 is 5.97 Å². The number of benzene rings is 1. The second-order valence-electron chi connectivity index (χ2n) is 7.68. The van der Waals surface area contributed by atoms with Crippen LogP contribution in [0.3, 0.4) is 0 Å². The molecule has 1 saturated carbocycles. The first-order chi connectivity index (χ1) is 10.3. The fourth-order valence-electron chi connectivity index (χ4n) is 3.63. The highest BCUT2D eigenvalue weighted by atomic mass is 16.7. The lowest BCUT2D eigenvalue weighted by atomic mass is 9.82. The first-order valence-corrected chi connectivity index (χ1v) is 8.30. The van der Waals surface area contributed by atoms with Crippen LogP contribution < -0.4 is 0 Å². The average Bonchev–Trinajstić information content (AvgIpc) is 3.08. The molecule has 0 amide bonds. The Bertz CT molecular complexity index is 569. The van der Waals surface area contributed by atoms with Crippen LogP contribution in [0.15, 0.2) is 24.3 Å². The maximum atomic E-state index is 12.8. The Morgan fingerprint density at radius 3 is 2.36 bits per heavy atom. The van der Waals surface area contributed by atoms with Crippen LogP contribution in [-0.4, -0.2) is 17.2 Å². The van der Waals surface area contributed by atoms with Gasteiger partial charge in [-0.15, -0.1) is 0 Å². The van der Waals surface area contributed by atoms with Crippen molar-refractivity contribution in [2.45, 2.75) is 76.6 Å². The molecule has 2 aliphatic rings. The van der Waals surface area contributed by atoms with Crippen molar-refractivity contribution in [1.82, 2.24) is 0 Å². The predicted molar refractivity (Wildman–Crippen MR) is 85.6 cm³/mol. The number of hydrogen-bond donors (Lipinski definition) is 0. The summed E-state index contributed by atoms with van der Waals surface area (Å²) >= 11 is 0. The number of ether oxygens (including phenoxy) is 2. The van der Waals surface area contributed by atoms with E-state index in [1.54, 1.807) is 0 Å². The van der Waals surface area contributed by atoms with E-state index < -0.39 is 16.8 Å². The van der Waals surface area contributed by atoms with Gasteiger partial charge in [0.25, 0.3) is 0 Å². The quantitative estimate of drug-likeness (QED) is 0.605. The van der Waals surface area contributed by atoms with Crippen molar-refractivity contribution >= 4 is 5.97 Å². The molecule has 2 fully saturated rings. The first kappa shape index (κ1) is 15.5. The van der Waals surface area contributed by atoms with Gasteiger partial charge in [-0.1, -0.05) is 42.7 Å². The minimum Gasteiger partial charge on any atom is -0.458 e. The van der Waals surface area contributed by atoms with Gasteiger partial charge in [-0.2, -0.15) is 0 Å². The van der Waals surface area contributed by atoms with Gasteiger partial charge in [0.05, 0.1) is 0 Å². The van der Waals surface area contributed by atoms with E-state index in [0.717, 1.165) is 37.7 Å². The minimum atomic E-state index is -0.772. The number of carbonyl (C=O) groups excluding carboxylic acids is 1. The van der Waals surface area contributed by atoms with Gasteiger partial charge < -0.3 is 9.47 Å². The second-order valence-corrected chi connectivity index (χ2v) is 7.68. The first-order valence-electron chi connectivity index (χ1n) is 8.30. The van der Waals surface area contributed by atoms with Gasteiger partial charge in [0.2, 0.25) is 0 Å². The number of aryl methyl sites for hydroxylation is 1. The van der Waals surface area contributed by atoms with E-state index in [1.807, 2.05) is 20.8 Å². The molecule has 0 aromatic heterocycles. The van der Waals surface area contributed by atoms with Crippen LogP contribution in [0.2, 0.25) is 0 Å². The third-order valence-corrected chi connectivity index (χ3v) is 4.76. The van der Waals surface area contributed by atoms with Gasteiger partial charge in [0.15, 0.2) is 5.60 Å². The van der Waals surface area contributed by atoms with Crippen molar-refractivity contribution < 1.29 is 14.3 Å². The molecule has 1 heterocycles. The van der Waals surface area contributed by atoms with E-state index in [1.165, 1.54) is 5.56 Å². The van der Waals surface area contributed by atoms with E-state index in [9.17, 15) is 4.79 Å². The van der Waals surface area contributed by atoms with Crippen molar-refractivity contribution in [3.05, 3.63) is 35.4 Å². The molecule has 2 atom stereocenters. The van der Waals surface area contributed by atoms with E-state index in [0.29, 0.717) is 0 Å². The molecular formula is C19H26O3. The van der Waals surface area contributed by atoms with E-state index >= 15 is 0 Å². The molecule has 3 heteroatoms. The summed E-state index contributed by atoms with van der Waals surface area (Å²) in [5.74, 6) is -0.192. The summed E-state index contributed by atoms with van der Waals surface area (Å²) in [6, 6.07) is 8.40. The van der Waals surface area contributed by atoms with Crippen molar-refractivity contribution in [1.29, 1.82) is 0 Å². The van der Waals surface area contributed by atoms with Crippen molar-refractivity contribution in [2.75, 3.05) is 0 Å². The van der Waals surface area contributed by atoms with Crippen LogP contribution in [-0.2, 0) is 19.9 Å². The highest BCUT2D eigenvalue weighted by Crippen LogP contribution is 2.63. The maximum Gasteiger partial charge on any atom is 0.342 e. The molecular weight excluding hydrogens is 276 g/mol. The van der Waals surface area contributed by atoms with Crippen LogP contribution in [0.25, 0.3) is 0 Å². The molecule has 22 heavy (non-hydrogen) atoms. The van der Waals surface area contributed by atoms with E-state index in [2.05, 4.69) is 31.2 Å². The fraction of sp³-hybridized carbons (Fsp3) is 0.632. The Morgan fingerprint density at radius 2 is 1.73 bits per heavy atom. The smallest absolute Gasteiger partial charge is 0.342 e. The Hall–Kier alpha value is -1.35. The molecule has 0 radical (unpaired) electrons. The average molecular weight is 302 g/mol. The van der Waals surface area contributed by atoms with Gasteiger partial charge in [0, 0.05) is 0 Å². The fourth-order valence-corrected chi connectivity index (χ4v) is 3.63. The normalized spacial score (nSPS) is 31.1. The van der Waals surface area contributed by atoms with Gasteiger partial charge in [0.1, 0.15) is 11.2 Å². The number of carbonyl (C=O) groups is 1. The van der Waals surface area contributed by atoms with Crippen molar-refractivity contribution in [3.63, 3.8) is 0 Å². The van der Waals surface area contributed by atoms with Gasteiger partial charge in [-0.25, -0.2) is 4.79 Å². The molecule has 1 aliphatic carbocycles. The summed E-state index contributed by atoms with van der Waals surface area (Å²) in [6.45, 7) is 7.81. The largest absolute Gasteiger partial charge is 0.458 e. The molecule has 3 nitrogen and oxygen atoms in total. The molecule has 0 N–H and O–H groups in total. The van der Waals surface area contributed by atoms with Gasteiger partial charge in [-0.3, -0.25) is 0 Å². The molecule has 1 aromatic carbocycles. The third kappa shape index (κ3) is 2.45. The Labute approximate surface area is 133 Å². The monoisotopic (exact) mass is 302 g/mol. The number of rotatable bonds is 2. The number of hydrogen-bond acceptors (Lipinski definition) is 3. The molecule has 2 unspecified atom stereocenters. The van der Waals surface area contributed by atoms with Crippen LogP contribution in [0.5, 0.6) is 0 Å². The highest BCUT2D eigenvalue weighted by molar-refractivity contribution is 5.86. The summed E-state index contributed by atoms with van der Waals surface area (Å²) in [6.07, 6.45) is 4.93.